The second-order valence-electron chi connectivity index (χ2n) is 6.78. The molecular weight excluding hydrogens is 332 g/mol. The molecule has 6 heteroatoms. The Hall–Kier alpha value is -2.76. The highest BCUT2D eigenvalue weighted by atomic mass is 16.5. The Labute approximate surface area is 152 Å². The van der Waals surface area contributed by atoms with E-state index in [9.17, 15) is 9.59 Å². The molecule has 1 aromatic carbocycles. The Morgan fingerprint density at radius 2 is 2.04 bits per heavy atom. The van der Waals surface area contributed by atoms with Crippen LogP contribution in [0.4, 0.5) is 0 Å². The number of nitrogens with zero attached hydrogens (tertiary/aromatic N) is 1. The van der Waals surface area contributed by atoms with Crippen LogP contribution in [-0.2, 0) is 11.2 Å². The van der Waals surface area contributed by atoms with Crippen molar-refractivity contribution < 1.29 is 18.7 Å². The fourth-order valence-corrected chi connectivity index (χ4v) is 3.69. The van der Waals surface area contributed by atoms with Crippen molar-refractivity contribution in [2.75, 3.05) is 13.1 Å². The van der Waals surface area contributed by atoms with E-state index in [2.05, 4.69) is 5.32 Å². The minimum atomic E-state index is -0.454. The SMILES string of the molecule is O=C(NCC1Cc2ccccc2O1)C1CCCCN1C(=O)c1ccco1. The van der Waals surface area contributed by atoms with Gasteiger partial charge in [0.05, 0.1) is 12.8 Å². The molecule has 0 bridgehead atoms. The van der Waals surface area contributed by atoms with Crippen LogP contribution in [0.2, 0.25) is 0 Å². The van der Waals surface area contributed by atoms with Crippen LogP contribution in [0.5, 0.6) is 5.75 Å². The zero-order valence-corrected chi connectivity index (χ0v) is 14.5. The van der Waals surface area contributed by atoms with Gasteiger partial charge in [0.1, 0.15) is 17.9 Å². The number of hydrogen-bond donors (Lipinski definition) is 1. The first-order chi connectivity index (χ1) is 12.7. The molecule has 136 valence electrons. The molecule has 0 aliphatic carbocycles. The lowest BCUT2D eigenvalue weighted by Crippen LogP contribution is -2.53. The fraction of sp³-hybridized carbons (Fsp3) is 0.400. The molecule has 0 spiro atoms. The van der Waals surface area contributed by atoms with Gasteiger partial charge < -0.3 is 19.4 Å². The molecule has 1 saturated heterocycles. The van der Waals surface area contributed by atoms with E-state index in [0.717, 1.165) is 25.0 Å². The highest BCUT2D eigenvalue weighted by Crippen LogP contribution is 2.28. The molecule has 1 aromatic heterocycles. The van der Waals surface area contributed by atoms with Crippen molar-refractivity contribution >= 4 is 11.8 Å². The van der Waals surface area contributed by atoms with Crippen LogP contribution < -0.4 is 10.1 Å². The summed E-state index contributed by atoms with van der Waals surface area (Å²) in [6, 6.07) is 10.8. The first-order valence-electron chi connectivity index (χ1n) is 9.09. The number of para-hydroxylation sites is 1. The lowest BCUT2D eigenvalue weighted by molar-refractivity contribution is -0.127. The summed E-state index contributed by atoms with van der Waals surface area (Å²) in [6.07, 6.45) is 4.71. The molecule has 2 unspecified atom stereocenters. The van der Waals surface area contributed by atoms with Crippen molar-refractivity contribution in [2.24, 2.45) is 0 Å². The number of likely N-dealkylation sites (tertiary alicyclic amines) is 1. The predicted octanol–water partition coefficient (Wildman–Crippen LogP) is 2.39. The molecule has 6 nitrogen and oxygen atoms in total. The van der Waals surface area contributed by atoms with E-state index < -0.39 is 6.04 Å². The number of benzene rings is 1. The van der Waals surface area contributed by atoms with Crippen molar-refractivity contribution in [1.29, 1.82) is 0 Å². The van der Waals surface area contributed by atoms with E-state index in [4.69, 9.17) is 9.15 Å². The van der Waals surface area contributed by atoms with Gasteiger partial charge in [0.25, 0.3) is 5.91 Å². The van der Waals surface area contributed by atoms with E-state index in [1.54, 1.807) is 17.0 Å². The molecule has 4 rings (SSSR count). The normalized spacial score (nSPS) is 21.8. The molecule has 2 atom stereocenters. The van der Waals surface area contributed by atoms with Crippen LogP contribution in [-0.4, -0.2) is 41.9 Å². The van der Waals surface area contributed by atoms with Gasteiger partial charge in [-0.2, -0.15) is 0 Å². The molecule has 2 aliphatic rings. The van der Waals surface area contributed by atoms with Gasteiger partial charge in [0.2, 0.25) is 5.91 Å². The van der Waals surface area contributed by atoms with E-state index in [-0.39, 0.29) is 23.7 Å². The van der Waals surface area contributed by atoms with Crippen LogP contribution in [0.1, 0.15) is 35.4 Å². The number of amides is 2. The third-order valence-electron chi connectivity index (χ3n) is 5.02. The maximum absolute atomic E-state index is 12.7. The lowest BCUT2D eigenvalue weighted by atomic mass is 10.0. The van der Waals surface area contributed by atoms with Gasteiger partial charge in [-0.15, -0.1) is 0 Å². The van der Waals surface area contributed by atoms with Crippen molar-refractivity contribution in [3.05, 3.63) is 54.0 Å². The van der Waals surface area contributed by atoms with Crippen molar-refractivity contribution in [3.63, 3.8) is 0 Å². The Balaban J connectivity index is 1.36. The minimum Gasteiger partial charge on any atom is -0.488 e. The number of piperidine rings is 1. The van der Waals surface area contributed by atoms with E-state index in [1.807, 2.05) is 24.3 Å². The summed E-state index contributed by atoms with van der Waals surface area (Å²) in [4.78, 5) is 27.0. The highest BCUT2D eigenvalue weighted by Gasteiger charge is 2.34. The first kappa shape index (κ1) is 16.7. The standard InChI is InChI=1S/C20H22N2O4/c23-19(21-13-15-12-14-6-1-2-8-17(14)26-15)16-7-3-4-10-22(16)20(24)18-9-5-11-25-18/h1-2,5-6,8-9,11,15-16H,3-4,7,10,12-13H2,(H,21,23). The molecular formula is C20H22N2O4. The van der Waals surface area contributed by atoms with Crippen molar-refractivity contribution in [2.45, 2.75) is 37.8 Å². The molecule has 0 saturated carbocycles. The van der Waals surface area contributed by atoms with E-state index >= 15 is 0 Å². The predicted molar refractivity (Wildman–Crippen MR) is 95.0 cm³/mol. The summed E-state index contributed by atoms with van der Waals surface area (Å²) in [5.41, 5.74) is 1.17. The van der Waals surface area contributed by atoms with E-state index in [0.29, 0.717) is 19.5 Å². The van der Waals surface area contributed by atoms with Crippen LogP contribution in [0.25, 0.3) is 0 Å². The number of carbonyl (C=O) groups excluding carboxylic acids is 2. The summed E-state index contributed by atoms with van der Waals surface area (Å²) in [5.74, 6) is 0.821. The first-order valence-corrected chi connectivity index (χ1v) is 9.09. The summed E-state index contributed by atoms with van der Waals surface area (Å²) in [7, 11) is 0. The number of nitrogens with one attached hydrogen (secondary N) is 1. The highest BCUT2D eigenvalue weighted by molar-refractivity contribution is 5.95. The Bertz CT molecular complexity index is 762. The van der Waals surface area contributed by atoms with Crippen LogP contribution in [0.15, 0.2) is 47.1 Å². The Kier molecular flexibility index (Phi) is 4.65. The third-order valence-corrected chi connectivity index (χ3v) is 5.02. The summed E-state index contributed by atoms with van der Waals surface area (Å²) in [6.45, 7) is 1.01. The zero-order chi connectivity index (χ0) is 17.9. The van der Waals surface area contributed by atoms with Crippen molar-refractivity contribution in [1.82, 2.24) is 10.2 Å². The lowest BCUT2D eigenvalue weighted by Gasteiger charge is -2.34. The quantitative estimate of drug-likeness (QED) is 0.915. The number of hydrogen-bond acceptors (Lipinski definition) is 4. The van der Waals surface area contributed by atoms with Crippen LogP contribution in [0.3, 0.4) is 0 Å². The second kappa shape index (κ2) is 7.23. The van der Waals surface area contributed by atoms with Gasteiger partial charge in [-0.1, -0.05) is 18.2 Å². The maximum atomic E-state index is 12.7. The molecule has 26 heavy (non-hydrogen) atoms. The summed E-state index contributed by atoms with van der Waals surface area (Å²) in [5, 5.41) is 2.97. The monoisotopic (exact) mass is 354 g/mol. The molecule has 1 N–H and O–H groups in total. The number of ether oxygens (including phenoxy) is 1. The van der Waals surface area contributed by atoms with Gasteiger partial charge >= 0.3 is 0 Å². The number of rotatable bonds is 4. The fourth-order valence-electron chi connectivity index (χ4n) is 3.69. The average molecular weight is 354 g/mol. The minimum absolute atomic E-state index is 0.0610. The Morgan fingerprint density at radius 3 is 2.85 bits per heavy atom. The van der Waals surface area contributed by atoms with Crippen LogP contribution in [0, 0.1) is 0 Å². The molecule has 0 radical (unpaired) electrons. The summed E-state index contributed by atoms with van der Waals surface area (Å²) >= 11 is 0. The smallest absolute Gasteiger partial charge is 0.290 e. The summed E-state index contributed by atoms with van der Waals surface area (Å²) < 4.78 is 11.1. The molecule has 3 heterocycles. The van der Waals surface area contributed by atoms with Gasteiger partial charge in [-0.05, 0) is 43.0 Å². The topological polar surface area (TPSA) is 71.8 Å². The van der Waals surface area contributed by atoms with Gasteiger partial charge in [0.15, 0.2) is 5.76 Å². The number of fused-ring (bicyclic) bond motifs is 1. The third kappa shape index (κ3) is 3.31. The maximum Gasteiger partial charge on any atom is 0.290 e. The number of carbonyl (C=O) groups is 2. The van der Waals surface area contributed by atoms with Gasteiger partial charge in [-0.3, -0.25) is 9.59 Å². The van der Waals surface area contributed by atoms with Gasteiger partial charge in [-0.25, -0.2) is 0 Å². The molecule has 2 aliphatic heterocycles. The molecule has 2 amide bonds. The zero-order valence-electron chi connectivity index (χ0n) is 14.5. The van der Waals surface area contributed by atoms with Crippen molar-refractivity contribution in [3.8, 4) is 5.75 Å². The van der Waals surface area contributed by atoms with E-state index in [1.165, 1.54) is 11.8 Å². The second-order valence-corrected chi connectivity index (χ2v) is 6.78. The number of furan rings is 1. The Morgan fingerprint density at radius 1 is 1.15 bits per heavy atom. The largest absolute Gasteiger partial charge is 0.488 e. The molecule has 1 fully saturated rings. The van der Waals surface area contributed by atoms with Gasteiger partial charge in [0, 0.05) is 13.0 Å². The van der Waals surface area contributed by atoms with Crippen LogP contribution >= 0.6 is 0 Å². The average Bonchev–Trinajstić information content (AvgIpc) is 3.35. The molecule has 2 aromatic rings.